The van der Waals surface area contributed by atoms with Crippen LogP contribution in [0.3, 0.4) is 0 Å². The molecule has 1 aliphatic heterocycles. The maximum atomic E-state index is 14.7. The normalized spacial score (nSPS) is 13.6. The van der Waals surface area contributed by atoms with Crippen LogP contribution in [-0.2, 0) is 16.6 Å². The van der Waals surface area contributed by atoms with Gasteiger partial charge in [0.25, 0.3) is 5.91 Å². The average Bonchev–Trinajstić information content (AvgIpc) is 3.14. The van der Waals surface area contributed by atoms with Gasteiger partial charge in [-0.25, -0.2) is 4.39 Å². The SMILES string of the molecule is Cn1ncc2cc(C(N)=O)c(Oc3ccc(OCCC(=O)N4CCNC(=O)C4)cc3F)cc21. The number of piperazine rings is 1. The lowest BCUT2D eigenvalue weighted by molar-refractivity contribution is -0.138. The number of carbonyl (C=O) groups is 3. The van der Waals surface area contributed by atoms with Crippen LogP contribution in [0.25, 0.3) is 10.9 Å². The minimum Gasteiger partial charge on any atom is -0.493 e. The van der Waals surface area contributed by atoms with Gasteiger partial charge in [-0.2, -0.15) is 5.10 Å². The number of nitrogens with two attached hydrogens (primary N) is 1. The van der Waals surface area contributed by atoms with Crippen LogP contribution in [0.1, 0.15) is 16.8 Å². The van der Waals surface area contributed by atoms with Crippen LogP contribution in [0.5, 0.6) is 17.2 Å². The third-order valence-electron chi connectivity index (χ3n) is 5.21. The number of benzene rings is 2. The number of nitrogens with one attached hydrogen (secondary N) is 1. The van der Waals surface area contributed by atoms with Crippen molar-refractivity contribution in [1.82, 2.24) is 20.0 Å². The van der Waals surface area contributed by atoms with E-state index in [0.29, 0.717) is 24.0 Å². The highest BCUT2D eigenvalue weighted by Crippen LogP contribution is 2.32. The lowest BCUT2D eigenvalue weighted by atomic mass is 10.1. The van der Waals surface area contributed by atoms with Crippen molar-refractivity contribution in [2.45, 2.75) is 6.42 Å². The summed E-state index contributed by atoms with van der Waals surface area (Å²) in [6, 6.07) is 7.08. The van der Waals surface area contributed by atoms with Gasteiger partial charge in [0.1, 0.15) is 11.5 Å². The van der Waals surface area contributed by atoms with Crippen LogP contribution in [-0.4, -0.2) is 58.6 Å². The zero-order chi connectivity index (χ0) is 23.5. The molecule has 3 amide bonds. The molecule has 4 rings (SSSR count). The monoisotopic (exact) mass is 455 g/mol. The molecule has 0 unspecified atom stereocenters. The Morgan fingerprint density at radius 1 is 1.24 bits per heavy atom. The molecule has 0 bridgehead atoms. The Morgan fingerprint density at radius 3 is 2.79 bits per heavy atom. The molecular weight excluding hydrogens is 433 g/mol. The lowest BCUT2D eigenvalue weighted by Gasteiger charge is -2.26. The molecule has 10 nitrogen and oxygen atoms in total. The summed E-state index contributed by atoms with van der Waals surface area (Å²) in [5.41, 5.74) is 6.24. The van der Waals surface area contributed by atoms with Crippen LogP contribution in [0.4, 0.5) is 4.39 Å². The van der Waals surface area contributed by atoms with E-state index in [1.807, 2.05) is 0 Å². The third-order valence-corrected chi connectivity index (χ3v) is 5.21. The smallest absolute Gasteiger partial charge is 0.252 e. The zero-order valence-corrected chi connectivity index (χ0v) is 17.8. The second-order valence-electron chi connectivity index (χ2n) is 7.50. The Kier molecular flexibility index (Phi) is 6.11. The summed E-state index contributed by atoms with van der Waals surface area (Å²) in [7, 11) is 1.73. The van der Waals surface area contributed by atoms with Gasteiger partial charge in [-0.1, -0.05) is 0 Å². The summed E-state index contributed by atoms with van der Waals surface area (Å²) in [5.74, 6) is -1.66. The van der Waals surface area contributed by atoms with E-state index in [-0.39, 0.29) is 54.2 Å². The van der Waals surface area contributed by atoms with Gasteiger partial charge in [-0.3, -0.25) is 19.1 Å². The number of aryl methyl sites for hydroxylation is 1. The van der Waals surface area contributed by atoms with E-state index < -0.39 is 11.7 Å². The predicted molar refractivity (Wildman–Crippen MR) is 115 cm³/mol. The average molecular weight is 455 g/mol. The zero-order valence-electron chi connectivity index (χ0n) is 17.8. The highest BCUT2D eigenvalue weighted by Gasteiger charge is 2.21. The molecule has 1 aromatic heterocycles. The molecule has 172 valence electrons. The number of nitrogens with zero attached hydrogens (tertiary/aromatic N) is 3. The number of hydrogen-bond acceptors (Lipinski definition) is 6. The van der Waals surface area contributed by atoms with Gasteiger partial charge in [-0.15, -0.1) is 0 Å². The fourth-order valence-corrected chi connectivity index (χ4v) is 3.50. The van der Waals surface area contributed by atoms with Crippen LogP contribution < -0.4 is 20.5 Å². The van der Waals surface area contributed by atoms with E-state index in [4.69, 9.17) is 15.2 Å². The van der Waals surface area contributed by atoms with E-state index in [0.717, 1.165) is 6.07 Å². The molecule has 3 aromatic rings. The number of fused-ring (bicyclic) bond motifs is 1. The number of aromatic nitrogens is 2. The van der Waals surface area contributed by atoms with E-state index in [1.54, 1.807) is 30.1 Å². The van der Waals surface area contributed by atoms with E-state index >= 15 is 0 Å². The first-order valence-corrected chi connectivity index (χ1v) is 10.2. The van der Waals surface area contributed by atoms with Crippen LogP contribution in [0.15, 0.2) is 36.5 Å². The minimum absolute atomic E-state index is 0.0252. The summed E-state index contributed by atoms with van der Waals surface area (Å²) in [6.45, 7) is 0.920. The molecule has 1 saturated heterocycles. The summed E-state index contributed by atoms with van der Waals surface area (Å²) in [4.78, 5) is 36.9. The van der Waals surface area contributed by atoms with Gasteiger partial charge in [0.05, 0.1) is 36.8 Å². The predicted octanol–water partition coefficient (Wildman–Crippen LogP) is 1.33. The Hall–Kier alpha value is -4.15. The molecular formula is C22H22FN5O5. The van der Waals surface area contributed by atoms with E-state index in [1.165, 1.54) is 17.0 Å². The van der Waals surface area contributed by atoms with Crippen molar-refractivity contribution in [1.29, 1.82) is 0 Å². The van der Waals surface area contributed by atoms with Crippen molar-refractivity contribution in [2.24, 2.45) is 12.8 Å². The number of rotatable bonds is 7. The molecule has 0 saturated carbocycles. The van der Waals surface area contributed by atoms with Gasteiger partial charge in [0.2, 0.25) is 11.8 Å². The third kappa shape index (κ3) is 4.86. The van der Waals surface area contributed by atoms with Gasteiger partial charge in [0, 0.05) is 37.7 Å². The molecule has 1 fully saturated rings. The molecule has 2 heterocycles. The fraction of sp³-hybridized carbons (Fsp3) is 0.273. The standard InChI is InChI=1S/C22H22FN5O5/c1-27-17-10-19(15(22(24)31)8-13(17)11-26-27)33-18-3-2-14(9-16(18)23)32-7-4-21(30)28-6-5-25-20(29)12-28/h2-3,8-11H,4-7,12H2,1H3,(H2,24,31)(H,25,29). The van der Waals surface area contributed by atoms with Crippen molar-refractivity contribution < 1.29 is 28.2 Å². The maximum Gasteiger partial charge on any atom is 0.252 e. The summed E-state index contributed by atoms with van der Waals surface area (Å²) < 4.78 is 27.4. The van der Waals surface area contributed by atoms with E-state index in [2.05, 4.69) is 10.4 Å². The Morgan fingerprint density at radius 2 is 2.06 bits per heavy atom. The number of amides is 3. The number of primary amides is 1. The van der Waals surface area contributed by atoms with Crippen molar-refractivity contribution in [3.05, 3.63) is 47.9 Å². The summed E-state index contributed by atoms with van der Waals surface area (Å²) >= 11 is 0. The maximum absolute atomic E-state index is 14.7. The molecule has 33 heavy (non-hydrogen) atoms. The topological polar surface area (TPSA) is 129 Å². The molecule has 11 heteroatoms. The number of halogens is 1. The second-order valence-corrected chi connectivity index (χ2v) is 7.50. The van der Waals surface area contributed by atoms with Gasteiger partial charge < -0.3 is 25.4 Å². The molecule has 1 aliphatic rings. The molecule has 0 spiro atoms. The highest BCUT2D eigenvalue weighted by molar-refractivity contribution is 6.00. The largest absolute Gasteiger partial charge is 0.493 e. The van der Waals surface area contributed by atoms with Gasteiger partial charge >= 0.3 is 0 Å². The second kappa shape index (κ2) is 9.15. The molecule has 2 aromatic carbocycles. The highest BCUT2D eigenvalue weighted by atomic mass is 19.1. The summed E-state index contributed by atoms with van der Waals surface area (Å²) in [6.07, 6.45) is 1.64. The summed E-state index contributed by atoms with van der Waals surface area (Å²) in [5, 5.41) is 7.47. The first kappa shape index (κ1) is 22.1. The quantitative estimate of drug-likeness (QED) is 0.553. The first-order valence-electron chi connectivity index (χ1n) is 10.2. The van der Waals surface area contributed by atoms with Crippen molar-refractivity contribution >= 4 is 28.6 Å². The molecule has 0 atom stereocenters. The van der Waals surface area contributed by atoms with Crippen LogP contribution in [0.2, 0.25) is 0 Å². The van der Waals surface area contributed by atoms with Crippen LogP contribution in [0, 0.1) is 5.82 Å². The van der Waals surface area contributed by atoms with Gasteiger partial charge in [-0.05, 0) is 18.2 Å². The van der Waals surface area contributed by atoms with Crippen LogP contribution >= 0.6 is 0 Å². The fourth-order valence-electron chi connectivity index (χ4n) is 3.50. The van der Waals surface area contributed by atoms with Crippen molar-refractivity contribution in [3.63, 3.8) is 0 Å². The number of carbonyl (C=O) groups excluding carboxylic acids is 3. The molecule has 3 N–H and O–H groups in total. The Balaban J connectivity index is 1.42. The molecule has 0 aliphatic carbocycles. The lowest BCUT2D eigenvalue weighted by Crippen LogP contribution is -2.50. The molecule has 0 radical (unpaired) electrons. The minimum atomic E-state index is -0.716. The Labute approximate surface area is 188 Å². The Bertz CT molecular complexity index is 1240. The number of ether oxygens (including phenoxy) is 2. The first-order chi connectivity index (χ1) is 15.8. The van der Waals surface area contributed by atoms with Gasteiger partial charge in [0.15, 0.2) is 11.6 Å². The van der Waals surface area contributed by atoms with Crippen molar-refractivity contribution in [2.75, 3.05) is 26.2 Å². The van der Waals surface area contributed by atoms with Crippen molar-refractivity contribution in [3.8, 4) is 17.2 Å². The number of hydrogen-bond donors (Lipinski definition) is 2. The van der Waals surface area contributed by atoms with E-state index in [9.17, 15) is 18.8 Å².